The second kappa shape index (κ2) is 5.37. The van der Waals surface area contributed by atoms with Crippen molar-refractivity contribution in [3.63, 3.8) is 0 Å². The second-order valence-corrected chi connectivity index (χ2v) is 6.96. The van der Waals surface area contributed by atoms with E-state index in [1.54, 1.807) is 10.9 Å². The highest BCUT2D eigenvalue weighted by atomic mass is 16.2. The molecule has 1 aliphatic carbocycles. The monoisotopic (exact) mass is 340 g/mol. The van der Waals surface area contributed by atoms with Crippen molar-refractivity contribution in [2.24, 2.45) is 17.6 Å². The average Bonchev–Trinajstić information content (AvgIpc) is 3.03. The van der Waals surface area contributed by atoms with Crippen LogP contribution in [0.4, 0.5) is 5.82 Å². The fourth-order valence-electron chi connectivity index (χ4n) is 3.59. The minimum absolute atomic E-state index is 0.132. The van der Waals surface area contributed by atoms with Gasteiger partial charge in [-0.05, 0) is 49.8 Å². The Balaban J connectivity index is 1.65. The van der Waals surface area contributed by atoms with Crippen LogP contribution in [0.25, 0.3) is 0 Å². The van der Waals surface area contributed by atoms with Crippen LogP contribution >= 0.6 is 0 Å². The number of amides is 2. The molecule has 2 N–H and O–H groups in total. The SMILES string of the molecule is Cc1c([C@H](C)n2cc(C(N)=O)nn2)cnc(N2CC3CC3C2=O)c1C. The summed E-state index contributed by atoms with van der Waals surface area (Å²) < 4.78 is 1.60. The van der Waals surface area contributed by atoms with Crippen LogP contribution in [0.5, 0.6) is 0 Å². The lowest BCUT2D eigenvalue weighted by molar-refractivity contribution is -0.118. The Labute approximate surface area is 145 Å². The molecule has 4 rings (SSSR count). The first-order valence-electron chi connectivity index (χ1n) is 8.37. The molecule has 0 aromatic carbocycles. The standard InChI is InChI=1S/C17H20N6O2/c1-8-9(2)16(22-6-11-4-12(11)17(22)25)19-5-13(8)10(3)23-7-14(15(18)24)20-21-23/h5,7,10-12H,4,6H2,1-3H3,(H2,18,24)/t10-,11?,12?/m0/s1. The number of carbonyl (C=O) groups is 2. The van der Waals surface area contributed by atoms with E-state index in [0.29, 0.717) is 5.92 Å². The molecule has 25 heavy (non-hydrogen) atoms. The molecule has 2 aliphatic rings. The van der Waals surface area contributed by atoms with Crippen LogP contribution in [0.1, 0.15) is 46.6 Å². The van der Waals surface area contributed by atoms with Crippen LogP contribution < -0.4 is 10.6 Å². The fraction of sp³-hybridized carbons (Fsp3) is 0.471. The number of nitrogens with two attached hydrogens (primary N) is 1. The van der Waals surface area contributed by atoms with E-state index in [9.17, 15) is 9.59 Å². The molecule has 2 aromatic rings. The molecule has 8 heteroatoms. The molecule has 2 aromatic heterocycles. The smallest absolute Gasteiger partial charge is 0.270 e. The average molecular weight is 340 g/mol. The number of aromatic nitrogens is 4. The summed E-state index contributed by atoms with van der Waals surface area (Å²) in [5.41, 5.74) is 8.39. The Hall–Kier alpha value is -2.77. The van der Waals surface area contributed by atoms with E-state index in [-0.39, 0.29) is 23.6 Å². The molecule has 1 saturated carbocycles. The summed E-state index contributed by atoms with van der Waals surface area (Å²) in [6, 6.07) is -0.150. The zero-order valence-electron chi connectivity index (χ0n) is 14.4. The lowest BCUT2D eigenvalue weighted by Crippen LogP contribution is -2.30. The van der Waals surface area contributed by atoms with E-state index in [0.717, 1.165) is 35.5 Å². The molecule has 0 bridgehead atoms. The molecule has 3 heterocycles. The Bertz CT molecular complexity index is 889. The predicted molar refractivity (Wildman–Crippen MR) is 90.0 cm³/mol. The number of carbonyl (C=O) groups excluding carboxylic acids is 2. The molecule has 2 amide bonds. The number of pyridine rings is 1. The van der Waals surface area contributed by atoms with E-state index in [1.807, 2.05) is 25.7 Å². The molecule has 1 aliphatic heterocycles. The van der Waals surface area contributed by atoms with Gasteiger partial charge in [0.2, 0.25) is 5.91 Å². The van der Waals surface area contributed by atoms with Gasteiger partial charge in [-0.3, -0.25) is 14.5 Å². The Morgan fingerprint density at radius 3 is 2.72 bits per heavy atom. The van der Waals surface area contributed by atoms with E-state index in [4.69, 9.17) is 5.73 Å². The first kappa shape index (κ1) is 15.7. The molecule has 0 spiro atoms. The number of nitrogens with zero attached hydrogens (tertiary/aromatic N) is 5. The van der Waals surface area contributed by atoms with Crippen LogP contribution in [0.3, 0.4) is 0 Å². The lowest BCUT2D eigenvalue weighted by Gasteiger charge is -2.23. The van der Waals surface area contributed by atoms with Gasteiger partial charge in [0.05, 0.1) is 12.2 Å². The molecule has 1 saturated heterocycles. The fourth-order valence-corrected chi connectivity index (χ4v) is 3.59. The Kier molecular flexibility index (Phi) is 3.38. The lowest BCUT2D eigenvalue weighted by atomic mass is 10.0. The number of hydrogen-bond acceptors (Lipinski definition) is 5. The van der Waals surface area contributed by atoms with Gasteiger partial charge in [-0.1, -0.05) is 5.21 Å². The number of primary amides is 1. The van der Waals surface area contributed by atoms with Crippen molar-refractivity contribution < 1.29 is 9.59 Å². The zero-order valence-corrected chi connectivity index (χ0v) is 14.4. The number of anilines is 1. The van der Waals surface area contributed by atoms with Crippen molar-refractivity contribution in [3.8, 4) is 0 Å². The highest BCUT2D eigenvalue weighted by molar-refractivity contribution is 5.99. The summed E-state index contributed by atoms with van der Waals surface area (Å²) in [4.78, 5) is 29.9. The Morgan fingerprint density at radius 1 is 1.36 bits per heavy atom. The number of hydrogen-bond donors (Lipinski definition) is 1. The van der Waals surface area contributed by atoms with Gasteiger partial charge in [0.15, 0.2) is 5.69 Å². The highest BCUT2D eigenvalue weighted by Gasteiger charge is 2.53. The van der Waals surface area contributed by atoms with Crippen LogP contribution in [-0.4, -0.2) is 38.3 Å². The van der Waals surface area contributed by atoms with Gasteiger partial charge in [-0.25, -0.2) is 9.67 Å². The van der Waals surface area contributed by atoms with Gasteiger partial charge in [0, 0.05) is 18.7 Å². The molecule has 3 atom stereocenters. The second-order valence-electron chi connectivity index (χ2n) is 6.96. The summed E-state index contributed by atoms with van der Waals surface area (Å²) in [6.45, 7) is 6.73. The molecule has 2 unspecified atom stereocenters. The zero-order chi connectivity index (χ0) is 17.9. The number of piperidine rings is 1. The molecular weight excluding hydrogens is 320 g/mol. The molecular formula is C17H20N6O2. The topological polar surface area (TPSA) is 107 Å². The minimum atomic E-state index is -0.606. The van der Waals surface area contributed by atoms with Crippen LogP contribution in [0, 0.1) is 25.7 Å². The van der Waals surface area contributed by atoms with Gasteiger partial charge in [-0.15, -0.1) is 5.10 Å². The summed E-state index contributed by atoms with van der Waals surface area (Å²) >= 11 is 0. The Morgan fingerprint density at radius 2 is 2.12 bits per heavy atom. The molecule has 8 nitrogen and oxygen atoms in total. The van der Waals surface area contributed by atoms with Crippen molar-refractivity contribution in [3.05, 3.63) is 34.8 Å². The van der Waals surface area contributed by atoms with Gasteiger partial charge in [0.25, 0.3) is 5.91 Å². The predicted octanol–water partition coefficient (Wildman–Crippen LogP) is 0.981. The van der Waals surface area contributed by atoms with Gasteiger partial charge >= 0.3 is 0 Å². The maximum absolute atomic E-state index is 12.3. The quantitative estimate of drug-likeness (QED) is 0.893. The summed E-state index contributed by atoms with van der Waals surface area (Å²) in [5, 5.41) is 7.77. The van der Waals surface area contributed by atoms with E-state index in [1.165, 1.54) is 6.20 Å². The van der Waals surface area contributed by atoms with Gasteiger partial charge in [-0.2, -0.15) is 0 Å². The third-order valence-corrected chi connectivity index (χ3v) is 5.45. The van der Waals surface area contributed by atoms with Crippen molar-refractivity contribution in [2.45, 2.75) is 33.2 Å². The van der Waals surface area contributed by atoms with Crippen LogP contribution in [-0.2, 0) is 4.79 Å². The first-order chi connectivity index (χ1) is 11.9. The summed E-state index contributed by atoms with van der Waals surface area (Å²) in [6.07, 6.45) is 4.34. The van der Waals surface area contributed by atoms with Crippen molar-refractivity contribution in [1.82, 2.24) is 20.0 Å². The largest absolute Gasteiger partial charge is 0.364 e. The number of fused-ring (bicyclic) bond motifs is 1. The maximum atomic E-state index is 12.3. The summed E-state index contributed by atoms with van der Waals surface area (Å²) in [7, 11) is 0. The van der Waals surface area contributed by atoms with Crippen molar-refractivity contribution in [2.75, 3.05) is 11.4 Å². The minimum Gasteiger partial charge on any atom is -0.364 e. The van der Waals surface area contributed by atoms with Gasteiger partial charge < -0.3 is 5.73 Å². The first-order valence-corrected chi connectivity index (χ1v) is 8.37. The third kappa shape index (κ3) is 2.40. The van der Waals surface area contributed by atoms with E-state index < -0.39 is 5.91 Å². The van der Waals surface area contributed by atoms with Gasteiger partial charge in [0.1, 0.15) is 5.82 Å². The molecule has 130 valence electrons. The molecule has 0 radical (unpaired) electrons. The highest BCUT2D eigenvalue weighted by Crippen LogP contribution is 2.47. The van der Waals surface area contributed by atoms with Crippen molar-refractivity contribution in [1.29, 1.82) is 0 Å². The van der Waals surface area contributed by atoms with E-state index in [2.05, 4.69) is 15.3 Å². The maximum Gasteiger partial charge on any atom is 0.270 e. The normalized spacial score (nSPS) is 22.8. The van der Waals surface area contributed by atoms with E-state index >= 15 is 0 Å². The van der Waals surface area contributed by atoms with Crippen LogP contribution in [0.2, 0.25) is 0 Å². The van der Waals surface area contributed by atoms with Crippen molar-refractivity contribution >= 4 is 17.6 Å². The number of rotatable bonds is 4. The van der Waals surface area contributed by atoms with Crippen LogP contribution in [0.15, 0.2) is 12.4 Å². The molecule has 2 fully saturated rings. The summed E-state index contributed by atoms with van der Waals surface area (Å²) in [5.74, 6) is 1.06. The third-order valence-electron chi connectivity index (χ3n) is 5.45.